The Labute approximate surface area is 190 Å². The highest BCUT2D eigenvalue weighted by atomic mass is 32.2. The van der Waals surface area contributed by atoms with E-state index in [1.807, 2.05) is 0 Å². The Morgan fingerprint density at radius 1 is 1.12 bits per heavy atom. The van der Waals surface area contributed by atoms with Crippen molar-refractivity contribution in [2.75, 3.05) is 6.54 Å². The van der Waals surface area contributed by atoms with E-state index in [2.05, 4.69) is 4.72 Å². The summed E-state index contributed by atoms with van der Waals surface area (Å²) >= 11 is 0. The van der Waals surface area contributed by atoms with Gasteiger partial charge in [-0.25, -0.2) is 17.9 Å². The molecule has 0 spiro atoms. The zero-order valence-electron chi connectivity index (χ0n) is 18.0. The number of nitrogens with one attached hydrogen (secondary N) is 2. The first-order valence-corrected chi connectivity index (χ1v) is 11.2. The molecule has 0 aliphatic rings. The maximum Gasteiger partial charge on any atom is 0.339 e. The van der Waals surface area contributed by atoms with Gasteiger partial charge >= 0.3 is 11.9 Å². The summed E-state index contributed by atoms with van der Waals surface area (Å²) < 4.78 is 27.3. The number of rotatable bonds is 12. The second-order valence-electron chi connectivity index (χ2n) is 7.58. The molecular weight excluding hydrogens is 454 g/mol. The Bertz CT molecular complexity index is 1140. The van der Waals surface area contributed by atoms with Gasteiger partial charge in [-0.2, -0.15) is 4.89 Å². The average Bonchev–Trinajstić information content (AvgIpc) is 2.72. The van der Waals surface area contributed by atoms with Crippen LogP contribution in [0.5, 0.6) is 5.75 Å². The molecule has 2 aromatic rings. The molecule has 0 fully saturated rings. The number of carboxylic acids is 2. The number of hydrogen-bond donors (Lipinski definition) is 5. The van der Waals surface area contributed by atoms with Gasteiger partial charge in [0.25, 0.3) is 0 Å². The van der Waals surface area contributed by atoms with E-state index in [9.17, 15) is 18.0 Å². The van der Waals surface area contributed by atoms with Gasteiger partial charge in [0.05, 0.1) is 11.3 Å². The van der Waals surface area contributed by atoms with E-state index in [1.165, 1.54) is 50.2 Å². The van der Waals surface area contributed by atoms with Crippen LogP contribution in [0.3, 0.4) is 0 Å². The molecular formula is C21H25N3O8S. The van der Waals surface area contributed by atoms with Crippen molar-refractivity contribution >= 4 is 27.8 Å². The second-order valence-corrected chi connectivity index (χ2v) is 9.35. The standard InChI is InChI=1S/C21H25N3O8S/c1-21(2,20(27)28)32-31-17-8-3-13(11-15(17)12-18(25)26)9-10-24-33(29,30)16-6-4-14(5-7-16)19(22)23/h3-8,11,24H,9-10,12H2,1-2H3,(H3,22,23)(H,25,26)(H,27,28). The molecule has 0 saturated heterocycles. The lowest BCUT2D eigenvalue weighted by Crippen LogP contribution is -2.36. The second kappa shape index (κ2) is 10.4. The predicted molar refractivity (Wildman–Crippen MR) is 118 cm³/mol. The van der Waals surface area contributed by atoms with Crippen molar-refractivity contribution in [2.45, 2.75) is 37.2 Å². The summed E-state index contributed by atoms with van der Waals surface area (Å²) in [4.78, 5) is 32.4. The zero-order chi connectivity index (χ0) is 24.8. The van der Waals surface area contributed by atoms with Gasteiger partial charge in [0.1, 0.15) is 5.84 Å². The van der Waals surface area contributed by atoms with Crippen LogP contribution in [0.1, 0.15) is 30.5 Å². The van der Waals surface area contributed by atoms with Gasteiger partial charge in [0.2, 0.25) is 15.6 Å². The summed E-state index contributed by atoms with van der Waals surface area (Å²) in [7, 11) is -3.80. The summed E-state index contributed by atoms with van der Waals surface area (Å²) in [6, 6.07) is 10.1. The quantitative estimate of drug-likeness (QED) is 0.129. The van der Waals surface area contributed by atoms with Crippen molar-refractivity contribution in [3.8, 4) is 5.75 Å². The Morgan fingerprint density at radius 3 is 2.30 bits per heavy atom. The summed E-state index contributed by atoms with van der Waals surface area (Å²) in [6.45, 7) is 2.59. The van der Waals surface area contributed by atoms with Crippen LogP contribution in [-0.4, -0.2) is 48.6 Å². The molecule has 0 aliphatic carbocycles. The minimum atomic E-state index is -3.80. The Balaban J connectivity index is 2.08. The molecule has 0 aromatic heterocycles. The lowest BCUT2D eigenvalue weighted by molar-refractivity contribution is -0.278. The molecule has 0 bridgehead atoms. The van der Waals surface area contributed by atoms with E-state index in [0.29, 0.717) is 11.1 Å². The van der Waals surface area contributed by atoms with E-state index < -0.39 is 34.0 Å². The fourth-order valence-corrected chi connectivity index (χ4v) is 3.61. The van der Waals surface area contributed by atoms with Crippen molar-refractivity contribution in [2.24, 2.45) is 5.73 Å². The number of hydrogen-bond acceptors (Lipinski definition) is 7. The first-order chi connectivity index (χ1) is 15.3. The molecule has 11 nitrogen and oxygen atoms in total. The summed E-state index contributed by atoms with van der Waals surface area (Å²) in [5, 5.41) is 25.6. The van der Waals surface area contributed by atoms with Crippen LogP contribution >= 0.6 is 0 Å². The highest BCUT2D eigenvalue weighted by molar-refractivity contribution is 7.89. The third kappa shape index (κ3) is 7.27. The fourth-order valence-electron chi connectivity index (χ4n) is 2.58. The van der Waals surface area contributed by atoms with Crippen molar-refractivity contribution in [1.29, 1.82) is 5.41 Å². The van der Waals surface area contributed by atoms with Gasteiger partial charge in [-0.05, 0) is 56.2 Å². The molecule has 0 heterocycles. The number of nitrogens with two attached hydrogens (primary N) is 1. The van der Waals surface area contributed by atoms with E-state index in [1.54, 1.807) is 6.07 Å². The van der Waals surface area contributed by atoms with Crippen molar-refractivity contribution in [1.82, 2.24) is 4.72 Å². The lowest BCUT2D eigenvalue weighted by atomic mass is 10.0. The monoisotopic (exact) mass is 479 g/mol. The van der Waals surface area contributed by atoms with Gasteiger partial charge in [-0.15, -0.1) is 0 Å². The van der Waals surface area contributed by atoms with Crippen LogP contribution in [0.2, 0.25) is 0 Å². The third-order valence-corrected chi connectivity index (χ3v) is 5.98. The SMILES string of the molecule is CC(C)(OOc1ccc(CCNS(=O)(=O)c2ccc(C(=N)N)cc2)cc1CC(=O)O)C(=O)O. The Hall–Kier alpha value is -3.48. The molecule has 0 aliphatic heterocycles. The maximum absolute atomic E-state index is 12.4. The first kappa shape index (κ1) is 25.8. The van der Waals surface area contributed by atoms with Crippen molar-refractivity contribution < 1.29 is 38.0 Å². The first-order valence-electron chi connectivity index (χ1n) is 9.68. The van der Waals surface area contributed by atoms with Crippen LogP contribution in [0.15, 0.2) is 47.4 Å². The average molecular weight is 480 g/mol. The molecule has 6 N–H and O–H groups in total. The normalized spacial score (nSPS) is 11.7. The van der Waals surface area contributed by atoms with E-state index >= 15 is 0 Å². The number of aliphatic carboxylic acids is 2. The van der Waals surface area contributed by atoms with Crippen LogP contribution < -0.4 is 15.3 Å². The Morgan fingerprint density at radius 2 is 1.76 bits per heavy atom. The number of sulfonamides is 1. The summed E-state index contributed by atoms with van der Waals surface area (Å²) in [5.41, 5.74) is 4.98. The van der Waals surface area contributed by atoms with Crippen LogP contribution in [-0.2, 0) is 37.3 Å². The molecule has 12 heteroatoms. The molecule has 33 heavy (non-hydrogen) atoms. The molecule has 0 amide bonds. The molecule has 2 rings (SSSR count). The van der Waals surface area contributed by atoms with E-state index in [4.69, 9.17) is 31.1 Å². The lowest BCUT2D eigenvalue weighted by Gasteiger charge is -2.19. The Kier molecular flexibility index (Phi) is 8.14. The molecule has 0 unspecified atom stereocenters. The number of carbonyl (C=O) groups is 2. The minimum absolute atomic E-state index is 0.0148. The van der Waals surface area contributed by atoms with Gasteiger partial charge in [-0.1, -0.05) is 12.1 Å². The number of nitrogen functional groups attached to an aromatic ring is 1. The minimum Gasteiger partial charge on any atom is -0.481 e. The summed E-state index contributed by atoms with van der Waals surface area (Å²) in [5.74, 6) is -2.53. The third-order valence-electron chi connectivity index (χ3n) is 4.50. The van der Waals surface area contributed by atoms with Crippen LogP contribution in [0.4, 0.5) is 0 Å². The van der Waals surface area contributed by atoms with Gasteiger partial charge < -0.3 is 20.8 Å². The van der Waals surface area contributed by atoms with Gasteiger partial charge in [0, 0.05) is 17.7 Å². The topological polar surface area (TPSA) is 189 Å². The van der Waals surface area contributed by atoms with Gasteiger partial charge in [-0.3, -0.25) is 10.2 Å². The number of benzene rings is 2. The van der Waals surface area contributed by atoms with E-state index in [0.717, 1.165) is 0 Å². The fraction of sp³-hybridized carbons (Fsp3) is 0.286. The molecule has 0 radical (unpaired) electrons. The zero-order valence-corrected chi connectivity index (χ0v) is 18.8. The summed E-state index contributed by atoms with van der Waals surface area (Å²) in [6.07, 6.45) is -0.159. The molecule has 0 atom stereocenters. The van der Waals surface area contributed by atoms with Crippen molar-refractivity contribution in [3.05, 3.63) is 59.2 Å². The number of amidine groups is 1. The molecule has 0 saturated carbocycles. The highest BCUT2D eigenvalue weighted by Gasteiger charge is 2.31. The molecule has 2 aromatic carbocycles. The number of carboxylic acid groups (broad SMARTS) is 2. The van der Waals surface area contributed by atoms with Crippen LogP contribution in [0, 0.1) is 5.41 Å². The van der Waals surface area contributed by atoms with Crippen LogP contribution in [0.25, 0.3) is 0 Å². The maximum atomic E-state index is 12.4. The highest BCUT2D eigenvalue weighted by Crippen LogP contribution is 2.24. The van der Waals surface area contributed by atoms with Gasteiger partial charge in [0.15, 0.2) is 5.75 Å². The van der Waals surface area contributed by atoms with E-state index in [-0.39, 0.29) is 35.0 Å². The van der Waals surface area contributed by atoms with Crippen molar-refractivity contribution in [3.63, 3.8) is 0 Å². The molecule has 178 valence electrons. The smallest absolute Gasteiger partial charge is 0.339 e. The largest absolute Gasteiger partial charge is 0.481 e. The predicted octanol–water partition coefficient (Wildman–Crippen LogP) is 1.29.